The van der Waals surface area contributed by atoms with Gasteiger partial charge in [0.05, 0.1) is 9.35 Å². The number of carbonyl (C=O) groups excluding carboxylic acids is 1. The van der Waals surface area contributed by atoms with Gasteiger partial charge in [-0.05, 0) is 59.0 Å². The molecule has 0 amide bonds. The maximum absolute atomic E-state index is 12.5. The van der Waals surface area contributed by atoms with Crippen LogP contribution in [0.3, 0.4) is 0 Å². The SMILES string of the molecule is C=C/C=C(\C=C/C)CSN1CCC(Nc2cccc(-c3sc(C(=O)CC)c(OCC(=O)O)c3Br)c2)CC1. The van der Waals surface area contributed by atoms with Crippen LogP contribution >= 0.6 is 39.2 Å². The minimum absolute atomic E-state index is 0.0749. The predicted molar refractivity (Wildman–Crippen MR) is 159 cm³/mol. The Labute approximate surface area is 235 Å². The largest absolute Gasteiger partial charge is 0.479 e. The summed E-state index contributed by atoms with van der Waals surface area (Å²) >= 11 is 6.75. The van der Waals surface area contributed by atoms with Crippen molar-refractivity contribution < 1.29 is 19.4 Å². The van der Waals surface area contributed by atoms with Crippen LogP contribution in [-0.2, 0) is 4.79 Å². The molecule has 198 valence electrons. The number of aliphatic carboxylic acids is 1. The Hall–Kier alpha value is -2.33. The van der Waals surface area contributed by atoms with Crippen LogP contribution in [-0.4, -0.2) is 52.7 Å². The van der Waals surface area contributed by atoms with Crippen LogP contribution in [0.15, 0.2) is 65.2 Å². The van der Waals surface area contributed by atoms with Crippen molar-refractivity contribution in [2.75, 3.05) is 30.8 Å². The number of benzene rings is 1. The first-order valence-electron chi connectivity index (χ1n) is 12.2. The number of nitrogens with one attached hydrogen (secondary N) is 1. The number of Topliss-reactive ketones (excluding diaryl/α,β-unsaturated/α-hetero) is 1. The van der Waals surface area contributed by atoms with Gasteiger partial charge >= 0.3 is 5.97 Å². The number of piperidine rings is 1. The Kier molecular flexibility index (Phi) is 11.5. The molecule has 0 aliphatic carbocycles. The maximum atomic E-state index is 12.5. The number of hydrogen-bond acceptors (Lipinski definition) is 7. The van der Waals surface area contributed by atoms with Gasteiger partial charge in [0.15, 0.2) is 18.1 Å². The molecule has 0 bridgehead atoms. The van der Waals surface area contributed by atoms with E-state index in [4.69, 9.17) is 9.84 Å². The number of rotatable bonds is 13. The normalized spacial score (nSPS) is 15.2. The number of anilines is 1. The molecule has 1 fully saturated rings. The van der Waals surface area contributed by atoms with Gasteiger partial charge in [-0.3, -0.25) is 9.10 Å². The van der Waals surface area contributed by atoms with E-state index >= 15 is 0 Å². The molecule has 9 heteroatoms. The molecule has 6 nitrogen and oxygen atoms in total. The van der Waals surface area contributed by atoms with E-state index in [1.165, 1.54) is 16.9 Å². The van der Waals surface area contributed by atoms with Crippen molar-refractivity contribution in [1.29, 1.82) is 0 Å². The number of allylic oxidation sites excluding steroid dienone is 4. The number of carboxylic acids is 1. The fraction of sp³-hybridized carbons (Fsp3) is 0.357. The maximum Gasteiger partial charge on any atom is 0.341 e. The highest BCUT2D eigenvalue weighted by Gasteiger charge is 2.24. The number of ketones is 1. The Bertz CT molecular complexity index is 1170. The minimum atomic E-state index is -1.09. The summed E-state index contributed by atoms with van der Waals surface area (Å²) in [5, 5.41) is 12.7. The lowest BCUT2D eigenvalue weighted by molar-refractivity contribution is -0.139. The molecular weight excluding hydrogens is 572 g/mol. The number of thiophene rings is 1. The molecule has 2 N–H and O–H groups in total. The van der Waals surface area contributed by atoms with Crippen molar-refractivity contribution in [1.82, 2.24) is 4.31 Å². The molecule has 1 aromatic carbocycles. The van der Waals surface area contributed by atoms with Gasteiger partial charge in [-0.15, -0.1) is 11.3 Å². The molecule has 1 saturated heterocycles. The van der Waals surface area contributed by atoms with E-state index in [9.17, 15) is 9.59 Å². The molecule has 37 heavy (non-hydrogen) atoms. The van der Waals surface area contributed by atoms with Crippen LogP contribution < -0.4 is 10.1 Å². The zero-order valence-corrected chi connectivity index (χ0v) is 24.4. The highest BCUT2D eigenvalue weighted by Crippen LogP contribution is 2.46. The summed E-state index contributed by atoms with van der Waals surface area (Å²) in [5.41, 5.74) is 3.22. The smallest absolute Gasteiger partial charge is 0.341 e. The first-order chi connectivity index (χ1) is 17.9. The van der Waals surface area contributed by atoms with Crippen LogP contribution in [0.1, 0.15) is 42.8 Å². The van der Waals surface area contributed by atoms with Gasteiger partial charge in [0, 0.05) is 37.0 Å². The average molecular weight is 606 g/mol. The summed E-state index contributed by atoms with van der Waals surface area (Å²) in [7, 11) is 0. The van der Waals surface area contributed by atoms with Crippen molar-refractivity contribution >= 4 is 56.7 Å². The Morgan fingerprint density at radius 1 is 1.35 bits per heavy atom. The monoisotopic (exact) mass is 604 g/mol. The lowest BCUT2D eigenvalue weighted by Crippen LogP contribution is -2.35. The highest BCUT2D eigenvalue weighted by atomic mass is 79.9. The Morgan fingerprint density at radius 2 is 2.11 bits per heavy atom. The van der Waals surface area contributed by atoms with Crippen LogP contribution in [0.5, 0.6) is 5.75 Å². The summed E-state index contributed by atoms with van der Waals surface area (Å²) in [6.45, 7) is 9.14. The molecule has 0 saturated carbocycles. The summed E-state index contributed by atoms with van der Waals surface area (Å²) in [6, 6.07) is 8.48. The molecule has 0 atom stereocenters. The van der Waals surface area contributed by atoms with Gasteiger partial charge in [-0.2, -0.15) is 0 Å². The van der Waals surface area contributed by atoms with Gasteiger partial charge < -0.3 is 15.2 Å². The fourth-order valence-electron chi connectivity index (χ4n) is 3.99. The van der Waals surface area contributed by atoms with Gasteiger partial charge in [0.2, 0.25) is 0 Å². The molecule has 0 unspecified atom stereocenters. The molecule has 1 aromatic heterocycles. The second-order valence-electron chi connectivity index (χ2n) is 8.54. The number of carboxylic acid groups (broad SMARTS) is 1. The van der Waals surface area contributed by atoms with Gasteiger partial charge in [0.25, 0.3) is 0 Å². The highest BCUT2D eigenvalue weighted by molar-refractivity contribution is 9.10. The first-order valence-corrected chi connectivity index (χ1v) is 14.8. The lowest BCUT2D eigenvalue weighted by atomic mass is 10.1. The Morgan fingerprint density at radius 3 is 2.76 bits per heavy atom. The zero-order chi connectivity index (χ0) is 26.8. The minimum Gasteiger partial charge on any atom is -0.479 e. The third kappa shape index (κ3) is 8.33. The standard InChI is InChI=1S/C28H33BrN2O4S2/c1-4-8-19(9-5-2)18-36-31-14-12-21(13-15-31)30-22-11-7-10-20(16-22)27-25(29)26(35-17-24(33)34)28(37-27)23(32)6-3/h4-5,7-11,16,21,30H,1,6,12-15,17-18H2,2-3H3,(H,33,34)/b9-5-,19-8+. The topological polar surface area (TPSA) is 78.9 Å². The number of halogens is 1. The van der Waals surface area contributed by atoms with Crippen LogP contribution in [0.25, 0.3) is 10.4 Å². The van der Waals surface area contributed by atoms with Crippen molar-refractivity contribution in [3.63, 3.8) is 0 Å². The van der Waals surface area contributed by atoms with Crippen molar-refractivity contribution in [2.24, 2.45) is 0 Å². The van der Waals surface area contributed by atoms with E-state index < -0.39 is 12.6 Å². The molecule has 0 spiro atoms. The number of hydrogen-bond donors (Lipinski definition) is 2. The second kappa shape index (κ2) is 14.6. The molecule has 3 rings (SSSR count). The quantitative estimate of drug-likeness (QED) is 0.140. The number of nitrogens with zero attached hydrogens (tertiary/aromatic N) is 1. The molecule has 2 aromatic rings. The van der Waals surface area contributed by atoms with E-state index in [0.717, 1.165) is 47.8 Å². The second-order valence-corrected chi connectivity index (χ2v) is 11.4. The summed E-state index contributed by atoms with van der Waals surface area (Å²) < 4.78 is 8.53. The third-order valence-corrected chi connectivity index (χ3v) is 9.27. The zero-order valence-electron chi connectivity index (χ0n) is 21.2. The predicted octanol–water partition coefficient (Wildman–Crippen LogP) is 7.45. The molecule has 2 heterocycles. The van der Waals surface area contributed by atoms with E-state index in [-0.39, 0.29) is 5.78 Å². The van der Waals surface area contributed by atoms with Gasteiger partial charge in [-0.25, -0.2) is 4.79 Å². The van der Waals surface area contributed by atoms with Gasteiger partial charge in [0.1, 0.15) is 4.88 Å². The van der Waals surface area contributed by atoms with Crippen LogP contribution in [0.2, 0.25) is 0 Å². The summed E-state index contributed by atoms with van der Waals surface area (Å²) in [6.07, 6.45) is 10.5. The molecule has 0 radical (unpaired) electrons. The van der Waals surface area contributed by atoms with Crippen molar-refractivity contribution in [3.8, 4) is 16.2 Å². The molecular formula is C28H33BrN2O4S2. The molecule has 1 aliphatic heterocycles. The van der Waals surface area contributed by atoms with E-state index in [0.29, 0.717) is 27.6 Å². The molecule has 1 aliphatic rings. The van der Waals surface area contributed by atoms with Gasteiger partial charge in [-0.1, -0.05) is 61.9 Å². The average Bonchev–Trinajstić information content (AvgIpc) is 3.22. The van der Waals surface area contributed by atoms with Crippen molar-refractivity contribution in [2.45, 2.75) is 39.2 Å². The third-order valence-electron chi connectivity index (χ3n) is 5.80. The summed E-state index contributed by atoms with van der Waals surface area (Å²) in [4.78, 5) is 24.8. The first kappa shape index (κ1) is 29.2. The van der Waals surface area contributed by atoms with Crippen LogP contribution in [0.4, 0.5) is 5.69 Å². The van der Waals surface area contributed by atoms with Crippen molar-refractivity contribution in [3.05, 3.63) is 70.1 Å². The lowest BCUT2D eigenvalue weighted by Gasteiger charge is -2.32. The number of carbonyl (C=O) groups is 2. The fourth-order valence-corrected chi connectivity index (χ4v) is 7.04. The number of ether oxygens (including phenoxy) is 1. The summed E-state index contributed by atoms with van der Waals surface area (Å²) in [5.74, 6) is 0.0797. The Balaban J connectivity index is 1.66. The van der Waals surface area contributed by atoms with Crippen LogP contribution in [0, 0.1) is 0 Å². The van der Waals surface area contributed by atoms with E-state index in [1.807, 2.05) is 37.1 Å². The van der Waals surface area contributed by atoms with E-state index in [2.05, 4.69) is 62.5 Å². The van der Waals surface area contributed by atoms with E-state index in [1.54, 1.807) is 6.92 Å².